The molecule has 0 aromatic heterocycles. The molecule has 30 heavy (non-hydrogen) atoms. The minimum atomic E-state index is -1.10. The van der Waals surface area contributed by atoms with Crippen LogP contribution >= 0.6 is 0 Å². The molecule has 0 fully saturated rings. The second kappa shape index (κ2) is 19.2. The molecule has 0 bridgehead atoms. The van der Waals surface area contributed by atoms with Gasteiger partial charge in [-0.2, -0.15) is 0 Å². The van der Waals surface area contributed by atoms with Gasteiger partial charge in [-0.15, -0.1) is 0 Å². The molecule has 0 rings (SSSR count). The van der Waals surface area contributed by atoms with Crippen molar-refractivity contribution in [2.45, 2.75) is 115 Å². The lowest BCUT2D eigenvalue weighted by atomic mass is 10.1. The van der Waals surface area contributed by atoms with Gasteiger partial charge in [0.15, 0.2) is 0 Å². The molecule has 4 N–H and O–H groups in total. The van der Waals surface area contributed by atoms with Gasteiger partial charge in [0.05, 0.1) is 11.9 Å². The van der Waals surface area contributed by atoms with E-state index in [2.05, 4.69) is 31.0 Å². The maximum absolute atomic E-state index is 11.9. The number of carboxylic acids is 1. The van der Waals surface area contributed by atoms with Gasteiger partial charge in [0, 0.05) is 12.8 Å². The third-order valence-electron chi connectivity index (χ3n) is 5.10. The predicted molar refractivity (Wildman–Crippen MR) is 121 cm³/mol. The Morgan fingerprint density at radius 3 is 2.23 bits per heavy atom. The molecule has 0 aliphatic rings. The molecule has 6 heteroatoms. The highest BCUT2D eigenvalue weighted by Gasteiger charge is 2.19. The van der Waals surface area contributed by atoms with Gasteiger partial charge in [0.25, 0.3) is 0 Å². The summed E-state index contributed by atoms with van der Waals surface area (Å²) in [5, 5.41) is 30.6. The number of rotatable bonds is 20. The van der Waals surface area contributed by atoms with Gasteiger partial charge in [-0.25, -0.2) is 4.79 Å². The standard InChI is InChI=1S/C24H43NO5/c1-3-4-5-12-15-21(27)16-13-10-8-6-7-9-11-14-17-23(28)25-22(24(29)30)19-18-20(2)26/h10,13,21-22,26-27H,2-9,11-12,14-19H2,1H3,(H,25,28)(H,29,30)/b13-10-. The molecular weight excluding hydrogens is 382 g/mol. The first kappa shape index (κ1) is 28.2. The number of aliphatic hydroxyl groups excluding tert-OH is 2. The van der Waals surface area contributed by atoms with Crippen LogP contribution < -0.4 is 5.32 Å². The van der Waals surface area contributed by atoms with E-state index in [-0.39, 0.29) is 30.6 Å². The Morgan fingerprint density at radius 1 is 0.900 bits per heavy atom. The normalized spacial score (nSPS) is 13.3. The molecule has 0 spiro atoms. The quantitative estimate of drug-likeness (QED) is 0.118. The molecule has 0 aliphatic carbocycles. The molecule has 2 unspecified atom stereocenters. The Labute approximate surface area is 182 Å². The van der Waals surface area contributed by atoms with Crippen molar-refractivity contribution >= 4 is 11.9 Å². The Hall–Kier alpha value is -1.82. The van der Waals surface area contributed by atoms with Crippen molar-refractivity contribution in [3.63, 3.8) is 0 Å². The van der Waals surface area contributed by atoms with Gasteiger partial charge in [-0.1, -0.05) is 70.6 Å². The smallest absolute Gasteiger partial charge is 0.326 e. The number of amides is 1. The molecule has 1 amide bonds. The van der Waals surface area contributed by atoms with E-state index in [0.29, 0.717) is 6.42 Å². The molecule has 0 aromatic rings. The van der Waals surface area contributed by atoms with Crippen molar-refractivity contribution in [2.75, 3.05) is 0 Å². The van der Waals surface area contributed by atoms with E-state index in [1.54, 1.807) is 0 Å². The number of carbonyl (C=O) groups excluding carboxylic acids is 1. The van der Waals surface area contributed by atoms with Crippen LogP contribution in [0.5, 0.6) is 0 Å². The van der Waals surface area contributed by atoms with Crippen LogP contribution in [0.4, 0.5) is 0 Å². The molecule has 0 heterocycles. The monoisotopic (exact) mass is 425 g/mol. The molecule has 2 atom stereocenters. The summed E-state index contributed by atoms with van der Waals surface area (Å²) in [4.78, 5) is 23.0. The van der Waals surface area contributed by atoms with Crippen LogP contribution in [0.1, 0.15) is 103 Å². The van der Waals surface area contributed by atoms with Crippen LogP contribution in [0.25, 0.3) is 0 Å². The minimum Gasteiger partial charge on any atom is -0.513 e. The van der Waals surface area contributed by atoms with Crippen molar-refractivity contribution in [1.82, 2.24) is 5.32 Å². The number of carboxylic acid groups (broad SMARTS) is 1. The lowest BCUT2D eigenvalue weighted by Gasteiger charge is -2.14. The van der Waals surface area contributed by atoms with Gasteiger partial charge >= 0.3 is 5.97 Å². The fraction of sp³-hybridized carbons (Fsp3) is 0.750. The number of aliphatic carboxylic acids is 1. The van der Waals surface area contributed by atoms with Gasteiger partial charge in [-0.05, 0) is 38.5 Å². The van der Waals surface area contributed by atoms with E-state index in [1.165, 1.54) is 19.3 Å². The summed E-state index contributed by atoms with van der Waals surface area (Å²) < 4.78 is 0. The van der Waals surface area contributed by atoms with Crippen LogP contribution in [-0.2, 0) is 9.59 Å². The van der Waals surface area contributed by atoms with Crippen LogP contribution in [0, 0.1) is 0 Å². The molecule has 6 nitrogen and oxygen atoms in total. The summed E-state index contributed by atoms with van der Waals surface area (Å²) in [6, 6.07) is -0.983. The summed E-state index contributed by atoms with van der Waals surface area (Å²) in [6.45, 7) is 5.51. The number of aliphatic hydroxyl groups is 2. The number of hydrogen-bond acceptors (Lipinski definition) is 4. The zero-order valence-corrected chi connectivity index (χ0v) is 18.8. The van der Waals surface area contributed by atoms with Crippen LogP contribution in [0.3, 0.4) is 0 Å². The number of hydrogen-bond donors (Lipinski definition) is 4. The molecule has 0 aromatic carbocycles. The molecule has 0 aliphatic heterocycles. The fourth-order valence-corrected chi connectivity index (χ4v) is 3.21. The third-order valence-corrected chi connectivity index (χ3v) is 5.10. The van der Waals surface area contributed by atoms with Crippen LogP contribution in [0.2, 0.25) is 0 Å². The largest absolute Gasteiger partial charge is 0.513 e. The summed E-state index contributed by atoms with van der Waals surface area (Å²) >= 11 is 0. The van der Waals surface area contributed by atoms with E-state index < -0.39 is 12.0 Å². The van der Waals surface area contributed by atoms with Crippen molar-refractivity contribution in [3.05, 3.63) is 24.5 Å². The highest BCUT2D eigenvalue weighted by atomic mass is 16.4. The first-order valence-corrected chi connectivity index (χ1v) is 11.6. The molecule has 0 radical (unpaired) electrons. The van der Waals surface area contributed by atoms with E-state index in [1.807, 2.05) is 0 Å². The van der Waals surface area contributed by atoms with Crippen molar-refractivity contribution in [1.29, 1.82) is 0 Å². The van der Waals surface area contributed by atoms with Crippen molar-refractivity contribution in [2.24, 2.45) is 0 Å². The highest BCUT2D eigenvalue weighted by Crippen LogP contribution is 2.11. The Morgan fingerprint density at radius 2 is 1.57 bits per heavy atom. The first-order chi connectivity index (χ1) is 14.4. The maximum Gasteiger partial charge on any atom is 0.326 e. The second-order valence-electron chi connectivity index (χ2n) is 8.08. The van der Waals surface area contributed by atoms with Crippen LogP contribution in [0.15, 0.2) is 24.5 Å². The third kappa shape index (κ3) is 18.2. The van der Waals surface area contributed by atoms with Gasteiger partial charge in [0.1, 0.15) is 6.04 Å². The molecule has 0 saturated heterocycles. The maximum atomic E-state index is 11.9. The SMILES string of the molecule is C=C(O)CCC(NC(=O)CCCCCCC/C=C\CC(O)CCCCCC)C(=O)O. The fourth-order valence-electron chi connectivity index (χ4n) is 3.21. The van der Waals surface area contributed by atoms with Crippen LogP contribution in [-0.4, -0.2) is 39.3 Å². The minimum absolute atomic E-state index is 0.0797. The number of allylic oxidation sites excluding steroid dienone is 2. The van der Waals surface area contributed by atoms with Crippen molar-refractivity contribution < 1.29 is 24.9 Å². The molecular formula is C24H43NO5. The summed E-state index contributed by atoms with van der Waals surface area (Å²) in [7, 11) is 0. The Bertz CT molecular complexity index is 504. The number of unbranched alkanes of at least 4 members (excludes halogenated alkanes) is 8. The van der Waals surface area contributed by atoms with Gasteiger partial charge in [-0.3, -0.25) is 4.79 Å². The van der Waals surface area contributed by atoms with E-state index in [0.717, 1.165) is 57.8 Å². The number of nitrogens with one attached hydrogen (secondary N) is 1. The summed E-state index contributed by atoms with van der Waals surface area (Å²) in [6.07, 6.45) is 17.0. The topological polar surface area (TPSA) is 107 Å². The zero-order chi connectivity index (χ0) is 22.6. The highest BCUT2D eigenvalue weighted by molar-refractivity contribution is 5.83. The Balaban J connectivity index is 3.64. The zero-order valence-electron chi connectivity index (χ0n) is 18.8. The average Bonchev–Trinajstić information content (AvgIpc) is 2.69. The number of carbonyl (C=O) groups is 2. The van der Waals surface area contributed by atoms with Gasteiger partial charge < -0.3 is 20.6 Å². The lowest BCUT2D eigenvalue weighted by Crippen LogP contribution is -2.40. The predicted octanol–water partition coefficient (Wildman–Crippen LogP) is 5.42. The van der Waals surface area contributed by atoms with Gasteiger partial charge in [0.2, 0.25) is 5.91 Å². The molecule has 0 saturated carbocycles. The first-order valence-electron chi connectivity index (χ1n) is 11.6. The lowest BCUT2D eigenvalue weighted by molar-refractivity contribution is -0.142. The summed E-state index contributed by atoms with van der Waals surface area (Å²) in [5.41, 5.74) is 0. The van der Waals surface area contributed by atoms with Crippen molar-refractivity contribution in [3.8, 4) is 0 Å². The average molecular weight is 426 g/mol. The van der Waals surface area contributed by atoms with E-state index in [4.69, 9.17) is 10.2 Å². The van der Waals surface area contributed by atoms with E-state index in [9.17, 15) is 14.7 Å². The summed E-state index contributed by atoms with van der Waals surface area (Å²) in [5.74, 6) is -1.44. The second-order valence-corrected chi connectivity index (χ2v) is 8.08. The van der Waals surface area contributed by atoms with E-state index >= 15 is 0 Å². The Kier molecular flexibility index (Phi) is 18.0. The molecule has 174 valence electrons.